The highest BCUT2D eigenvalue weighted by molar-refractivity contribution is 6.08. The summed E-state index contributed by atoms with van der Waals surface area (Å²) < 4.78 is 1.69. The Morgan fingerprint density at radius 2 is 1.76 bits per heavy atom. The number of fused-ring (bicyclic) bond motifs is 2. The number of benzene rings is 3. The second kappa shape index (κ2) is 11.6. The van der Waals surface area contributed by atoms with Gasteiger partial charge in [-0.2, -0.15) is 15.6 Å². The molecule has 1 aromatic heterocycles. The van der Waals surface area contributed by atoms with E-state index >= 15 is 0 Å². The van der Waals surface area contributed by atoms with Crippen molar-refractivity contribution in [2.75, 3.05) is 16.3 Å². The first-order valence-electron chi connectivity index (χ1n) is 13.7. The fraction of sp³-hybridized carbons (Fsp3) is 0.250. The van der Waals surface area contributed by atoms with Crippen molar-refractivity contribution in [3.05, 3.63) is 83.6 Å². The van der Waals surface area contributed by atoms with Gasteiger partial charge < -0.3 is 15.1 Å². The highest BCUT2D eigenvalue weighted by Gasteiger charge is 2.37. The zero-order valence-corrected chi connectivity index (χ0v) is 23.5. The van der Waals surface area contributed by atoms with Gasteiger partial charge in [-0.1, -0.05) is 44.2 Å². The molecule has 1 aliphatic heterocycles. The van der Waals surface area contributed by atoms with Crippen LogP contribution in [0.1, 0.15) is 44.0 Å². The Morgan fingerprint density at radius 1 is 1.02 bits per heavy atom. The van der Waals surface area contributed by atoms with E-state index in [9.17, 15) is 24.9 Å². The van der Waals surface area contributed by atoms with Crippen LogP contribution in [0.4, 0.5) is 11.4 Å². The fourth-order valence-electron chi connectivity index (χ4n) is 5.11. The summed E-state index contributed by atoms with van der Waals surface area (Å²) in [6.45, 7) is 4.99. The lowest BCUT2D eigenvalue weighted by Gasteiger charge is -2.25. The van der Waals surface area contributed by atoms with Gasteiger partial charge in [-0.25, -0.2) is 4.68 Å². The van der Waals surface area contributed by atoms with Gasteiger partial charge in [0.25, 0.3) is 5.91 Å². The molecule has 0 fully saturated rings. The molecule has 5 rings (SSSR count). The number of para-hydroxylation sites is 2. The first-order chi connectivity index (χ1) is 20.3. The number of aromatic nitrogens is 2. The first-order valence-corrected chi connectivity index (χ1v) is 13.7. The van der Waals surface area contributed by atoms with Crippen molar-refractivity contribution in [2.45, 2.75) is 39.8 Å². The normalized spacial score (nSPS) is 15.4. The molecule has 3 amide bonds. The molecule has 10 nitrogen and oxygen atoms in total. The van der Waals surface area contributed by atoms with E-state index in [0.29, 0.717) is 40.3 Å². The van der Waals surface area contributed by atoms with Crippen LogP contribution in [0.3, 0.4) is 0 Å². The minimum absolute atomic E-state index is 0.0153. The molecule has 2 heterocycles. The van der Waals surface area contributed by atoms with Crippen LogP contribution in [0.15, 0.2) is 66.7 Å². The Morgan fingerprint density at radius 3 is 2.48 bits per heavy atom. The van der Waals surface area contributed by atoms with Gasteiger partial charge in [0.05, 0.1) is 58.6 Å². The van der Waals surface area contributed by atoms with Crippen LogP contribution in [-0.2, 0) is 20.9 Å². The van der Waals surface area contributed by atoms with E-state index in [4.69, 9.17) is 5.10 Å². The molecule has 10 heteroatoms. The minimum atomic E-state index is -1.03. The molecule has 4 aromatic rings. The maximum absolute atomic E-state index is 14.2. The molecule has 0 unspecified atom stereocenters. The Balaban J connectivity index is 1.67. The molecule has 3 aromatic carbocycles. The summed E-state index contributed by atoms with van der Waals surface area (Å²) in [5.41, 5.74) is 3.51. The van der Waals surface area contributed by atoms with Gasteiger partial charge in [0.2, 0.25) is 11.8 Å². The minimum Gasteiger partial charge on any atom is -0.342 e. The lowest BCUT2D eigenvalue weighted by molar-refractivity contribution is -0.129. The molecule has 0 spiro atoms. The van der Waals surface area contributed by atoms with E-state index in [1.165, 1.54) is 16.7 Å². The summed E-state index contributed by atoms with van der Waals surface area (Å²) in [5.74, 6) is -1.34. The predicted molar refractivity (Wildman–Crippen MR) is 158 cm³/mol. The summed E-state index contributed by atoms with van der Waals surface area (Å²) >= 11 is 0. The number of amides is 3. The highest BCUT2D eigenvalue weighted by Crippen LogP contribution is 2.36. The maximum atomic E-state index is 14.2. The largest absolute Gasteiger partial charge is 0.342 e. The van der Waals surface area contributed by atoms with E-state index in [2.05, 4.69) is 17.5 Å². The van der Waals surface area contributed by atoms with Crippen molar-refractivity contribution in [1.82, 2.24) is 15.1 Å². The number of anilines is 2. The van der Waals surface area contributed by atoms with Crippen molar-refractivity contribution < 1.29 is 14.4 Å². The lowest BCUT2D eigenvalue weighted by Crippen LogP contribution is -2.53. The summed E-state index contributed by atoms with van der Waals surface area (Å²) in [6.07, 6.45) is 0.590. The molecule has 0 saturated carbocycles. The van der Waals surface area contributed by atoms with Crippen molar-refractivity contribution in [2.24, 2.45) is 5.92 Å². The second-order valence-electron chi connectivity index (χ2n) is 10.2. The molecule has 0 bridgehead atoms. The topological polar surface area (TPSA) is 135 Å². The number of hydrogen-bond donors (Lipinski definition) is 1. The van der Waals surface area contributed by atoms with E-state index in [-0.39, 0.29) is 30.8 Å². The van der Waals surface area contributed by atoms with Crippen LogP contribution in [0.5, 0.6) is 0 Å². The number of nitrogens with zero attached hydrogens (tertiary/aromatic N) is 6. The number of nitriles is 2. The van der Waals surface area contributed by atoms with Crippen molar-refractivity contribution >= 4 is 40.0 Å². The lowest BCUT2D eigenvalue weighted by atomic mass is 10.1. The van der Waals surface area contributed by atoms with Crippen LogP contribution in [0.2, 0.25) is 0 Å². The summed E-state index contributed by atoms with van der Waals surface area (Å²) in [6, 6.07) is 22.8. The third-order valence-corrected chi connectivity index (χ3v) is 7.60. The molecule has 0 saturated heterocycles. The molecule has 0 radical (unpaired) electrons. The molecule has 1 N–H and O–H groups in total. The second-order valence-corrected chi connectivity index (χ2v) is 10.2. The number of rotatable bonds is 6. The van der Waals surface area contributed by atoms with Crippen LogP contribution in [-0.4, -0.2) is 40.1 Å². The number of hydrogen-bond acceptors (Lipinski definition) is 6. The van der Waals surface area contributed by atoms with Crippen LogP contribution < -0.4 is 15.1 Å². The molecule has 210 valence electrons. The van der Waals surface area contributed by atoms with Gasteiger partial charge in [0.1, 0.15) is 12.1 Å². The summed E-state index contributed by atoms with van der Waals surface area (Å²) in [4.78, 5) is 43.0. The monoisotopic (exact) mass is 559 g/mol. The average Bonchev–Trinajstić information content (AvgIpc) is 3.33. The van der Waals surface area contributed by atoms with Crippen molar-refractivity contribution in [3.8, 4) is 17.8 Å². The smallest absolute Gasteiger partial charge is 0.251 e. The summed E-state index contributed by atoms with van der Waals surface area (Å²) in [5, 5.41) is 27.8. The SMILES string of the molecule is CC[C@@H](C)C(=O)N[C@H]1CN(C(C)=O)c2cc(C#N)ccc2N(Cc2nn(-c3ccccc3C#N)c3ccccc23)C1=O. The standard InChI is InChI=1S/C32H29N7O3/c1-4-20(2)31(41)35-26-19-37(21(3)40)30-15-22(16-33)13-14-29(30)38(32(26)42)18-25-24-10-6-8-12-28(24)39(36-25)27-11-7-5-9-23(27)17-34/h5-15,20,26H,4,18-19H2,1-3H3,(H,35,41)/t20-,26+/m1/s1. The van der Waals surface area contributed by atoms with Crippen LogP contribution in [0, 0.1) is 28.6 Å². The Hall–Kier alpha value is -5.48. The highest BCUT2D eigenvalue weighted by atomic mass is 16.2. The molecule has 0 aliphatic carbocycles. The molecular weight excluding hydrogens is 530 g/mol. The van der Waals surface area contributed by atoms with Gasteiger partial charge >= 0.3 is 0 Å². The zero-order chi connectivity index (χ0) is 30.0. The third kappa shape index (κ3) is 5.06. The predicted octanol–water partition coefficient (Wildman–Crippen LogP) is 4.20. The van der Waals surface area contributed by atoms with Crippen LogP contribution >= 0.6 is 0 Å². The van der Waals surface area contributed by atoms with E-state index in [1.54, 1.807) is 41.9 Å². The van der Waals surface area contributed by atoms with E-state index < -0.39 is 11.9 Å². The summed E-state index contributed by atoms with van der Waals surface area (Å²) in [7, 11) is 0. The van der Waals surface area contributed by atoms with Crippen molar-refractivity contribution in [1.29, 1.82) is 10.5 Å². The van der Waals surface area contributed by atoms with Crippen LogP contribution in [0.25, 0.3) is 16.6 Å². The quantitative estimate of drug-likeness (QED) is 0.376. The number of carbonyl (C=O) groups is 3. The van der Waals surface area contributed by atoms with E-state index in [1.807, 2.05) is 43.3 Å². The zero-order valence-electron chi connectivity index (χ0n) is 23.5. The average molecular weight is 560 g/mol. The first kappa shape index (κ1) is 28.1. The van der Waals surface area contributed by atoms with Gasteiger partial charge in [0.15, 0.2) is 0 Å². The Labute approximate surface area is 243 Å². The fourth-order valence-corrected chi connectivity index (χ4v) is 5.11. The van der Waals surface area contributed by atoms with Gasteiger partial charge in [0, 0.05) is 18.2 Å². The van der Waals surface area contributed by atoms with Crippen molar-refractivity contribution in [3.63, 3.8) is 0 Å². The number of carbonyl (C=O) groups excluding carboxylic acids is 3. The Kier molecular flexibility index (Phi) is 7.72. The third-order valence-electron chi connectivity index (χ3n) is 7.60. The van der Waals surface area contributed by atoms with Gasteiger partial charge in [-0.3, -0.25) is 14.4 Å². The number of nitrogens with one attached hydrogen (secondary N) is 1. The maximum Gasteiger partial charge on any atom is 0.251 e. The molecule has 42 heavy (non-hydrogen) atoms. The van der Waals surface area contributed by atoms with Gasteiger partial charge in [-0.05, 0) is 42.8 Å². The molecular formula is C32H29N7O3. The molecule has 2 atom stereocenters. The Bertz CT molecular complexity index is 1800. The van der Waals surface area contributed by atoms with Gasteiger partial charge in [-0.15, -0.1) is 0 Å². The molecule has 1 aliphatic rings. The van der Waals surface area contributed by atoms with E-state index in [0.717, 1.165) is 10.9 Å².